The molecule has 1 unspecified atom stereocenters. The van der Waals surface area contributed by atoms with Gasteiger partial charge in [-0.3, -0.25) is 4.79 Å². The molecule has 3 N–H and O–H groups in total. The summed E-state index contributed by atoms with van der Waals surface area (Å²) in [4.78, 5) is 12.2. The molecule has 2 aromatic rings. The van der Waals surface area contributed by atoms with Crippen molar-refractivity contribution in [1.82, 2.24) is 5.32 Å². The van der Waals surface area contributed by atoms with Crippen molar-refractivity contribution in [2.45, 2.75) is 52.0 Å². The van der Waals surface area contributed by atoms with Gasteiger partial charge in [0.1, 0.15) is 5.58 Å². The molecule has 1 fully saturated rings. The van der Waals surface area contributed by atoms with Crippen LogP contribution in [0.15, 0.2) is 22.8 Å². The number of carbonyl (C=O) groups is 1. The summed E-state index contributed by atoms with van der Waals surface area (Å²) in [6.07, 6.45) is 4.43. The smallest absolute Gasteiger partial charge is 0.224 e. The second kappa shape index (κ2) is 7.58. The van der Waals surface area contributed by atoms with Gasteiger partial charge in [0.05, 0.1) is 12.7 Å². The van der Waals surface area contributed by atoms with Crippen LogP contribution in [0.25, 0.3) is 11.0 Å². The Labute approximate surface area is 149 Å². The summed E-state index contributed by atoms with van der Waals surface area (Å²) in [6, 6.07) is 4.32. The maximum Gasteiger partial charge on any atom is 0.224 e. The van der Waals surface area contributed by atoms with Gasteiger partial charge in [0.15, 0.2) is 0 Å². The van der Waals surface area contributed by atoms with E-state index in [0.29, 0.717) is 24.8 Å². The minimum atomic E-state index is 0. The van der Waals surface area contributed by atoms with E-state index < -0.39 is 0 Å². The summed E-state index contributed by atoms with van der Waals surface area (Å²) in [5.41, 5.74) is 10.4. The molecular weight excluding hydrogens is 324 g/mol. The topological polar surface area (TPSA) is 68.3 Å². The fourth-order valence-corrected chi connectivity index (χ4v) is 3.16. The van der Waals surface area contributed by atoms with Gasteiger partial charge < -0.3 is 15.5 Å². The van der Waals surface area contributed by atoms with Crippen LogP contribution in [-0.4, -0.2) is 18.5 Å². The van der Waals surface area contributed by atoms with Gasteiger partial charge in [-0.1, -0.05) is 13.8 Å². The predicted molar refractivity (Wildman–Crippen MR) is 99.7 cm³/mol. The van der Waals surface area contributed by atoms with E-state index in [-0.39, 0.29) is 24.4 Å². The van der Waals surface area contributed by atoms with Crippen LogP contribution in [0, 0.1) is 12.8 Å². The van der Waals surface area contributed by atoms with E-state index in [9.17, 15) is 4.79 Å². The van der Waals surface area contributed by atoms with E-state index in [2.05, 4.69) is 38.2 Å². The number of hydrogen-bond donors (Lipinski definition) is 2. The predicted octanol–water partition coefficient (Wildman–Crippen LogP) is 3.68. The number of halogens is 1. The normalized spacial score (nSPS) is 15.4. The van der Waals surface area contributed by atoms with Crippen LogP contribution in [0.1, 0.15) is 49.3 Å². The van der Waals surface area contributed by atoms with E-state index in [1.54, 1.807) is 6.26 Å². The zero-order valence-electron chi connectivity index (χ0n) is 14.6. The zero-order chi connectivity index (χ0) is 16.6. The monoisotopic (exact) mass is 350 g/mol. The first-order valence-electron chi connectivity index (χ1n) is 8.48. The second-order valence-electron chi connectivity index (χ2n) is 7.10. The summed E-state index contributed by atoms with van der Waals surface area (Å²) in [7, 11) is 0. The largest absolute Gasteiger partial charge is 0.464 e. The molecular formula is C19H27ClN2O2. The van der Waals surface area contributed by atoms with Crippen molar-refractivity contribution in [2.75, 3.05) is 6.54 Å². The van der Waals surface area contributed by atoms with E-state index in [4.69, 9.17) is 10.2 Å². The first kappa shape index (κ1) is 18.8. The highest BCUT2D eigenvalue weighted by Gasteiger charge is 2.28. The van der Waals surface area contributed by atoms with E-state index in [0.717, 1.165) is 16.5 Å². The molecule has 0 spiro atoms. The maximum atomic E-state index is 12.2. The molecule has 0 radical (unpaired) electrons. The van der Waals surface area contributed by atoms with Crippen LogP contribution in [0.2, 0.25) is 0 Å². The molecule has 24 heavy (non-hydrogen) atoms. The summed E-state index contributed by atoms with van der Waals surface area (Å²) >= 11 is 0. The number of furan rings is 1. The van der Waals surface area contributed by atoms with Gasteiger partial charge in [-0.15, -0.1) is 12.4 Å². The van der Waals surface area contributed by atoms with E-state index in [1.807, 2.05) is 0 Å². The van der Waals surface area contributed by atoms with Crippen LogP contribution in [-0.2, 0) is 11.2 Å². The summed E-state index contributed by atoms with van der Waals surface area (Å²) < 4.78 is 5.63. The van der Waals surface area contributed by atoms with Crippen molar-refractivity contribution < 1.29 is 9.21 Å². The van der Waals surface area contributed by atoms with Crippen molar-refractivity contribution >= 4 is 29.3 Å². The number of rotatable bonds is 6. The summed E-state index contributed by atoms with van der Waals surface area (Å²) in [6.45, 7) is 7.03. The Morgan fingerprint density at radius 3 is 2.71 bits per heavy atom. The average molecular weight is 351 g/mol. The fourth-order valence-electron chi connectivity index (χ4n) is 3.16. The summed E-state index contributed by atoms with van der Waals surface area (Å²) in [5.74, 6) is 1.06. The highest BCUT2D eigenvalue weighted by Crippen LogP contribution is 2.31. The minimum absolute atomic E-state index is 0. The molecule has 3 rings (SSSR count). The lowest BCUT2D eigenvalue weighted by Gasteiger charge is -2.12. The Balaban J connectivity index is 0.00000208. The van der Waals surface area contributed by atoms with Gasteiger partial charge in [0, 0.05) is 23.5 Å². The Bertz CT molecular complexity index is 719. The van der Waals surface area contributed by atoms with Crippen molar-refractivity contribution in [3.63, 3.8) is 0 Å². The molecule has 1 aliphatic rings. The van der Waals surface area contributed by atoms with Gasteiger partial charge in [0.2, 0.25) is 5.91 Å². The van der Waals surface area contributed by atoms with Crippen molar-refractivity contribution in [1.29, 1.82) is 0 Å². The highest BCUT2D eigenvalue weighted by atomic mass is 35.5. The molecule has 0 saturated heterocycles. The van der Waals surface area contributed by atoms with Crippen molar-refractivity contribution in [2.24, 2.45) is 11.7 Å². The molecule has 1 aliphatic carbocycles. The molecule has 4 nitrogen and oxygen atoms in total. The average Bonchev–Trinajstić information content (AvgIpc) is 3.28. The van der Waals surface area contributed by atoms with Crippen LogP contribution in [0.3, 0.4) is 0 Å². The van der Waals surface area contributed by atoms with E-state index >= 15 is 0 Å². The molecule has 1 heterocycles. The summed E-state index contributed by atoms with van der Waals surface area (Å²) in [5, 5.41) is 3.99. The van der Waals surface area contributed by atoms with Crippen molar-refractivity contribution in [3.8, 4) is 0 Å². The third kappa shape index (κ3) is 4.11. The number of carbonyl (C=O) groups excluding carboxylic acids is 1. The molecule has 1 saturated carbocycles. The lowest BCUT2D eigenvalue weighted by Crippen LogP contribution is -2.39. The molecule has 0 bridgehead atoms. The number of fused-ring (bicyclic) bond motifs is 1. The molecule has 132 valence electrons. The minimum Gasteiger partial charge on any atom is -0.464 e. The number of nitrogens with one attached hydrogen (secondary N) is 1. The second-order valence-corrected chi connectivity index (χ2v) is 7.10. The standard InChI is InChI=1S/C19H26N2O2.ClH/c1-11(2)15-8-16-14(10-23-18(16)6-12(15)3)7-19(22)21-9-17(20)13-4-5-13;/h6,8,10-11,13,17H,4-5,7,9,20H2,1-3H3,(H,21,22);1H. The van der Waals surface area contributed by atoms with Crippen molar-refractivity contribution in [3.05, 3.63) is 35.1 Å². The number of nitrogens with two attached hydrogens (primary N) is 1. The van der Waals surface area contributed by atoms with Crippen LogP contribution in [0.5, 0.6) is 0 Å². The lowest BCUT2D eigenvalue weighted by molar-refractivity contribution is -0.120. The Morgan fingerprint density at radius 2 is 2.08 bits per heavy atom. The van der Waals surface area contributed by atoms with Gasteiger partial charge in [-0.05, 0) is 54.9 Å². The molecule has 1 aromatic carbocycles. The highest BCUT2D eigenvalue weighted by molar-refractivity contribution is 5.88. The molecule has 0 aliphatic heterocycles. The fraction of sp³-hybridized carbons (Fsp3) is 0.526. The first-order chi connectivity index (χ1) is 11.0. The van der Waals surface area contributed by atoms with Gasteiger partial charge >= 0.3 is 0 Å². The Morgan fingerprint density at radius 1 is 1.38 bits per heavy atom. The lowest BCUT2D eigenvalue weighted by atomic mass is 9.95. The molecule has 1 amide bonds. The number of aryl methyl sites for hydroxylation is 1. The third-order valence-electron chi connectivity index (χ3n) is 4.78. The number of hydrogen-bond acceptors (Lipinski definition) is 3. The van der Waals surface area contributed by atoms with Gasteiger partial charge in [-0.25, -0.2) is 0 Å². The molecule has 1 aromatic heterocycles. The number of amides is 1. The SMILES string of the molecule is Cc1cc2occ(CC(=O)NCC(N)C3CC3)c2cc1C(C)C.Cl. The van der Waals surface area contributed by atoms with E-state index in [1.165, 1.54) is 24.0 Å². The number of benzene rings is 1. The Hall–Kier alpha value is -1.52. The molecule has 1 atom stereocenters. The van der Waals surface area contributed by atoms with Gasteiger partial charge in [-0.2, -0.15) is 0 Å². The quantitative estimate of drug-likeness (QED) is 0.835. The molecule has 5 heteroatoms. The van der Waals surface area contributed by atoms with Gasteiger partial charge in [0.25, 0.3) is 0 Å². The van der Waals surface area contributed by atoms with Crippen LogP contribution >= 0.6 is 12.4 Å². The van der Waals surface area contributed by atoms with Crippen LogP contribution < -0.4 is 11.1 Å². The maximum absolute atomic E-state index is 12.2. The zero-order valence-corrected chi connectivity index (χ0v) is 15.4. The van der Waals surface area contributed by atoms with Crippen LogP contribution in [0.4, 0.5) is 0 Å². The first-order valence-corrected chi connectivity index (χ1v) is 8.48. The third-order valence-corrected chi connectivity index (χ3v) is 4.78. The Kier molecular flexibility index (Phi) is 5.94.